The van der Waals surface area contributed by atoms with E-state index in [0.717, 1.165) is 22.9 Å². The van der Waals surface area contributed by atoms with Crippen LogP contribution >= 0.6 is 27.5 Å². The summed E-state index contributed by atoms with van der Waals surface area (Å²) in [4.78, 5) is 11.5. The highest BCUT2D eigenvalue weighted by Crippen LogP contribution is 2.36. The van der Waals surface area contributed by atoms with Gasteiger partial charge < -0.3 is 0 Å². The highest BCUT2D eigenvalue weighted by atomic mass is 79.9. The van der Waals surface area contributed by atoms with Gasteiger partial charge in [0.2, 0.25) is 0 Å². The zero-order chi connectivity index (χ0) is 10.1. The standard InChI is InChI=1S/C11H10BrClO/c12-7-4-5-8(10(13)6-7)9-2-1-3-11(9)14/h4-6,9H,1-3H2. The van der Waals surface area contributed by atoms with E-state index in [-0.39, 0.29) is 5.92 Å². The number of Topliss-reactive ketones (excluding diaryl/α,β-unsaturated/α-hetero) is 1. The summed E-state index contributed by atoms with van der Waals surface area (Å²) < 4.78 is 0.955. The molecule has 74 valence electrons. The fourth-order valence-electron chi connectivity index (χ4n) is 1.93. The van der Waals surface area contributed by atoms with Gasteiger partial charge in [-0.25, -0.2) is 0 Å². The van der Waals surface area contributed by atoms with E-state index in [2.05, 4.69) is 15.9 Å². The smallest absolute Gasteiger partial charge is 0.140 e. The number of rotatable bonds is 1. The molecule has 2 rings (SSSR count). The molecule has 1 fully saturated rings. The van der Waals surface area contributed by atoms with Gasteiger partial charge in [-0.05, 0) is 30.5 Å². The van der Waals surface area contributed by atoms with Gasteiger partial charge in [0, 0.05) is 21.8 Å². The average Bonchev–Trinajstić information content (AvgIpc) is 2.52. The van der Waals surface area contributed by atoms with Crippen LogP contribution in [0.15, 0.2) is 22.7 Å². The van der Waals surface area contributed by atoms with Gasteiger partial charge in [0.1, 0.15) is 5.78 Å². The first-order valence-corrected chi connectivity index (χ1v) is 5.83. The zero-order valence-electron chi connectivity index (χ0n) is 7.59. The lowest BCUT2D eigenvalue weighted by Crippen LogP contribution is -2.04. The number of benzene rings is 1. The van der Waals surface area contributed by atoms with Crippen molar-refractivity contribution in [3.63, 3.8) is 0 Å². The molecule has 1 aliphatic rings. The Hall–Kier alpha value is -0.340. The molecule has 0 saturated heterocycles. The normalized spacial score (nSPS) is 21.6. The van der Waals surface area contributed by atoms with Crippen LogP contribution in [-0.2, 0) is 4.79 Å². The van der Waals surface area contributed by atoms with Crippen molar-refractivity contribution in [1.82, 2.24) is 0 Å². The topological polar surface area (TPSA) is 17.1 Å². The Morgan fingerprint density at radius 3 is 2.79 bits per heavy atom. The van der Waals surface area contributed by atoms with Crippen molar-refractivity contribution >= 4 is 33.3 Å². The monoisotopic (exact) mass is 272 g/mol. The minimum absolute atomic E-state index is 0.0376. The number of halogens is 2. The molecular weight excluding hydrogens is 263 g/mol. The minimum atomic E-state index is 0.0376. The van der Waals surface area contributed by atoms with Crippen molar-refractivity contribution in [2.45, 2.75) is 25.2 Å². The third-order valence-corrected chi connectivity index (χ3v) is 3.46. The molecule has 1 unspecified atom stereocenters. The second kappa shape index (κ2) is 4.03. The van der Waals surface area contributed by atoms with E-state index >= 15 is 0 Å². The maximum atomic E-state index is 11.5. The second-order valence-corrected chi connectivity index (χ2v) is 4.90. The third kappa shape index (κ3) is 1.86. The van der Waals surface area contributed by atoms with Gasteiger partial charge in [0.25, 0.3) is 0 Å². The Labute approximate surface area is 96.6 Å². The molecule has 1 nitrogen and oxygen atoms in total. The molecule has 0 aromatic heterocycles. The molecule has 0 N–H and O–H groups in total. The van der Waals surface area contributed by atoms with Gasteiger partial charge in [0.15, 0.2) is 0 Å². The van der Waals surface area contributed by atoms with Crippen LogP contribution in [0.3, 0.4) is 0 Å². The van der Waals surface area contributed by atoms with Gasteiger partial charge in [0.05, 0.1) is 0 Å². The van der Waals surface area contributed by atoms with E-state index in [1.165, 1.54) is 0 Å². The molecule has 14 heavy (non-hydrogen) atoms. The minimum Gasteiger partial charge on any atom is -0.299 e. The van der Waals surface area contributed by atoms with Crippen molar-refractivity contribution in [3.8, 4) is 0 Å². The largest absolute Gasteiger partial charge is 0.299 e. The lowest BCUT2D eigenvalue weighted by Gasteiger charge is -2.10. The van der Waals surface area contributed by atoms with Gasteiger partial charge in [-0.2, -0.15) is 0 Å². The average molecular weight is 274 g/mol. The summed E-state index contributed by atoms with van der Waals surface area (Å²) in [7, 11) is 0. The number of carbonyl (C=O) groups excluding carboxylic acids is 1. The van der Waals surface area contributed by atoms with E-state index in [4.69, 9.17) is 11.6 Å². The third-order valence-electron chi connectivity index (χ3n) is 2.64. The first-order valence-electron chi connectivity index (χ1n) is 4.66. The van der Waals surface area contributed by atoms with Crippen molar-refractivity contribution in [1.29, 1.82) is 0 Å². The predicted molar refractivity (Wildman–Crippen MR) is 60.8 cm³/mol. The maximum Gasteiger partial charge on any atom is 0.140 e. The second-order valence-electron chi connectivity index (χ2n) is 3.58. The first kappa shape index (κ1) is 10.2. The quantitative estimate of drug-likeness (QED) is 0.757. The lowest BCUT2D eigenvalue weighted by molar-refractivity contribution is -0.118. The van der Waals surface area contributed by atoms with Crippen LogP contribution in [0.4, 0.5) is 0 Å². The molecule has 3 heteroatoms. The molecular formula is C11H10BrClO. The molecule has 0 aliphatic heterocycles. The fourth-order valence-corrected chi connectivity index (χ4v) is 2.73. The van der Waals surface area contributed by atoms with Crippen LogP contribution < -0.4 is 0 Å². The molecule has 0 heterocycles. The van der Waals surface area contributed by atoms with E-state index in [1.807, 2.05) is 18.2 Å². The summed E-state index contributed by atoms with van der Waals surface area (Å²) in [5.41, 5.74) is 0.984. The van der Waals surface area contributed by atoms with Crippen LogP contribution in [0, 0.1) is 0 Å². The van der Waals surface area contributed by atoms with Crippen molar-refractivity contribution < 1.29 is 4.79 Å². The van der Waals surface area contributed by atoms with Gasteiger partial charge >= 0.3 is 0 Å². The molecule has 1 atom stereocenters. The summed E-state index contributed by atoms with van der Waals surface area (Å²) in [5, 5.41) is 0.694. The Morgan fingerprint density at radius 2 is 2.21 bits per heavy atom. The highest BCUT2D eigenvalue weighted by Gasteiger charge is 2.27. The Morgan fingerprint density at radius 1 is 1.43 bits per heavy atom. The van der Waals surface area contributed by atoms with Gasteiger partial charge in [-0.3, -0.25) is 4.79 Å². The van der Waals surface area contributed by atoms with Crippen molar-refractivity contribution in [3.05, 3.63) is 33.3 Å². The maximum absolute atomic E-state index is 11.5. The Balaban J connectivity index is 2.36. The number of carbonyl (C=O) groups is 1. The number of ketones is 1. The van der Waals surface area contributed by atoms with Crippen LogP contribution in [0.2, 0.25) is 5.02 Å². The van der Waals surface area contributed by atoms with E-state index in [1.54, 1.807) is 0 Å². The van der Waals surface area contributed by atoms with Gasteiger partial charge in [-0.1, -0.05) is 33.6 Å². The zero-order valence-corrected chi connectivity index (χ0v) is 9.94. The van der Waals surface area contributed by atoms with Crippen LogP contribution in [0.25, 0.3) is 0 Å². The van der Waals surface area contributed by atoms with Crippen LogP contribution in [-0.4, -0.2) is 5.78 Å². The molecule has 0 bridgehead atoms. The van der Waals surface area contributed by atoms with Crippen LogP contribution in [0.1, 0.15) is 30.7 Å². The lowest BCUT2D eigenvalue weighted by atomic mass is 9.97. The summed E-state index contributed by atoms with van der Waals surface area (Å²) in [6.07, 6.45) is 2.65. The van der Waals surface area contributed by atoms with E-state index < -0.39 is 0 Å². The summed E-state index contributed by atoms with van der Waals surface area (Å²) in [6.45, 7) is 0. The first-order chi connectivity index (χ1) is 6.68. The van der Waals surface area contributed by atoms with Crippen molar-refractivity contribution in [2.24, 2.45) is 0 Å². The Kier molecular flexibility index (Phi) is 2.93. The molecule has 0 amide bonds. The van der Waals surface area contributed by atoms with E-state index in [9.17, 15) is 4.79 Å². The number of hydrogen-bond acceptors (Lipinski definition) is 1. The number of hydrogen-bond donors (Lipinski definition) is 0. The Bertz CT molecular complexity index is 376. The summed E-state index contributed by atoms with van der Waals surface area (Å²) in [5.74, 6) is 0.366. The van der Waals surface area contributed by atoms with Gasteiger partial charge in [-0.15, -0.1) is 0 Å². The summed E-state index contributed by atoms with van der Waals surface area (Å²) >= 11 is 9.44. The fraction of sp³-hybridized carbons (Fsp3) is 0.364. The van der Waals surface area contributed by atoms with Crippen molar-refractivity contribution in [2.75, 3.05) is 0 Å². The van der Waals surface area contributed by atoms with E-state index in [0.29, 0.717) is 17.2 Å². The molecule has 0 radical (unpaired) electrons. The molecule has 1 aromatic carbocycles. The summed E-state index contributed by atoms with van der Waals surface area (Å²) in [6, 6.07) is 5.73. The SMILES string of the molecule is O=C1CCCC1c1ccc(Br)cc1Cl. The molecule has 1 aromatic rings. The molecule has 1 saturated carbocycles. The molecule has 1 aliphatic carbocycles. The molecule has 0 spiro atoms. The highest BCUT2D eigenvalue weighted by molar-refractivity contribution is 9.10. The van der Waals surface area contributed by atoms with Crippen LogP contribution in [0.5, 0.6) is 0 Å². The predicted octanol–water partition coefficient (Wildman–Crippen LogP) is 3.94.